The van der Waals surface area contributed by atoms with E-state index in [-0.39, 0.29) is 0 Å². The van der Waals surface area contributed by atoms with Gasteiger partial charge in [-0.2, -0.15) is 0 Å². The Morgan fingerprint density at radius 3 is 2.37 bits per heavy atom. The van der Waals surface area contributed by atoms with Crippen molar-refractivity contribution in [2.24, 2.45) is 0 Å². The van der Waals surface area contributed by atoms with Crippen LogP contribution in [-0.4, -0.2) is 61.9 Å². The molecule has 4 rings (SSSR count). The lowest BCUT2D eigenvalue weighted by Gasteiger charge is -2.39. The van der Waals surface area contributed by atoms with E-state index in [0.717, 1.165) is 37.6 Å². The van der Waals surface area contributed by atoms with Crippen LogP contribution in [0.5, 0.6) is 17.5 Å². The SMILES string of the molecule is COc1nc2ccc(Br)cc2cc1C(c1ccnc(OC)c1OC)C(O)(CCN(C)C)c1cccc(C)c1. The standard InChI is InChI=1S/C30H34BrN3O4/c1-19-8-7-9-21(16-19)30(35,13-15-34(2)3)26(23-12-14-32-29(38-6)27(23)36-4)24-18-20-17-22(31)10-11-25(20)33-28(24)37-5/h7-12,14,16-18,26,35H,13,15H2,1-6H3. The number of benzene rings is 2. The molecule has 200 valence electrons. The Kier molecular flexibility index (Phi) is 8.55. The van der Waals surface area contributed by atoms with E-state index < -0.39 is 11.5 Å². The molecule has 38 heavy (non-hydrogen) atoms. The highest BCUT2D eigenvalue weighted by Crippen LogP contribution is 2.51. The minimum Gasteiger partial charge on any atom is -0.491 e. The van der Waals surface area contributed by atoms with Crippen molar-refractivity contribution in [3.63, 3.8) is 0 Å². The van der Waals surface area contributed by atoms with Gasteiger partial charge in [0.25, 0.3) is 5.88 Å². The van der Waals surface area contributed by atoms with Gasteiger partial charge < -0.3 is 24.2 Å². The van der Waals surface area contributed by atoms with Crippen molar-refractivity contribution in [1.29, 1.82) is 0 Å². The fraction of sp³-hybridized carbons (Fsp3) is 0.333. The van der Waals surface area contributed by atoms with Crippen molar-refractivity contribution in [3.8, 4) is 17.5 Å². The molecular formula is C30H34BrN3O4. The van der Waals surface area contributed by atoms with E-state index >= 15 is 0 Å². The molecule has 0 saturated carbocycles. The zero-order valence-corrected chi connectivity index (χ0v) is 24.2. The lowest BCUT2D eigenvalue weighted by Crippen LogP contribution is -2.38. The van der Waals surface area contributed by atoms with E-state index in [9.17, 15) is 5.11 Å². The van der Waals surface area contributed by atoms with E-state index in [1.54, 1.807) is 27.5 Å². The molecule has 2 unspecified atom stereocenters. The molecule has 7 nitrogen and oxygen atoms in total. The average molecular weight is 581 g/mol. The molecule has 2 aromatic carbocycles. The van der Waals surface area contributed by atoms with Crippen LogP contribution in [0, 0.1) is 6.92 Å². The van der Waals surface area contributed by atoms with Gasteiger partial charge in [-0.25, -0.2) is 9.97 Å². The van der Waals surface area contributed by atoms with Crippen molar-refractivity contribution in [2.45, 2.75) is 24.9 Å². The number of aromatic nitrogens is 2. The molecule has 8 heteroatoms. The van der Waals surface area contributed by atoms with Crippen molar-refractivity contribution >= 4 is 26.8 Å². The highest BCUT2D eigenvalue weighted by atomic mass is 79.9. The Hall–Kier alpha value is -3.20. The van der Waals surface area contributed by atoms with Crippen LogP contribution in [0.15, 0.2) is 65.3 Å². The largest absolute Gasteiger partial charge is 0.491 e. The van der Waals surface area contributed by atoms with Gasteiger partial charge >= 0.3 is 0 Å². The zero-order valence-electron chi connectivity index (χ0n) is 22.7. The van der Waals surface area contributed by atoms with E-state index in [1.807, 2.05) is 75.6 Å². The zero-order chi connectivity index (χ0) is 27.4. The first-order valence-electron chi connectivity index (χ1n) is 12.4. The quantitative estimate of drug-likeness (QED) is 0.258. The predicted molar refractivity (Wildman–Crippen MR) is 153 cm³/mol. The van der Waals surface area contributed by atoms with Crippen LogP contribution >= 0.6 is 15.9 Å². The number of hydrogen-bond donors (Lipinski definition) is 1. The Labute approximate surface area is 232 Å². The van der Waals surface area contributed by atoms with Gasteiger partial charge in [-0.05, 0) is 63.3 Å². The van der Waals surface area contributed by atoms with Crippen LogP contribution in [0.3, 0.4) is 0 Å². The Bertz CT molecular complexity index is 1430. The highest BCUT2D eigenvalue weighted by molar-refractivity contribution is 9.10. The molecule has 0 aliphatic carbocycles. The van der Waals surface area contributed by atoms with Gasteiger partial charge in [-0.15, -0.1) is 0 Å². The van der Waals surface area contributed by atoms with Crippen LogP contribution in [-0.2, 0) is 5.60 Å². The third-order valence-electron chi connectivity index (χ3n) is 6.82. The minimum atomic E-state index is -1.37. The second-order valence-corrected chi connectivity index (χ2v) is 10.6. The first-order chi connectivity index (χ1) is 18.2. The predicted octanol–water partition coefficient (Wildman–Crippen LogP) is 5.70. The Morgan fingerprint density at radius 2 is 1.71 bits per heavy atom. The molecule has 0 saturated heterocycles. The molecule has 0 aliphatic rings. The number of rotatable bonds is 10. The number of methoxy groups -OCH3 is 3. The van der Waals surface area contributed by atoms with Crippen LogP contribution < -0.4 is 14.2 Å². The van der Waals surface area contributed by atoms with Crippen molar-refractivity contribution in [1.82, 2.24) is 14.9 Å². The van der Waals surface area contributed by atoms with Gasteiger partial charge in [0.2, 0.25) is 5.88 Å². The van der Waals surface area contributed by atoms with E-state index in [1.165, 1.54) is 0 Å². The molecule has 2 atom stereocenters. The molecule has 0 amide bonds. The highest BCUT2D eigenvalue weighted by Gasteiger charge is 2.44. The number of fused-ring (bicyclic) bond motifs is 1. The second-order valence-electron chi connectivity index (χ2n) is 9.65. The monoisotopic (exact) mass is 579 g/mol. The van der Waals surface area contributed by atoms with Crippen LogP contribution in [0.25, 0.3) is 10.9 Å². The maximum Gasteiger partial charge on any atom is 0.257 e. The number of pyridine rings is 2. The number of aliphatic hydroxyl groups is 1. The molecule has 2 heterocycles. The summed E-state index contributed by atoms with van der Waals surface area (Å²) >= 11 is 3.58. The maximum atomic E-state index is 12.9. The molecule has 0 radical (unpaired) electrons. The van der Waals surface area contributed by atoms with Crippen molar-refractivity contribution in [2.75, 3.05) is 42.0 Å². The summed E-state index contributed by atoms with van der Waals surface area (Å²) < 4.78 is 18.2. The van der Waals surface area contributed by atoms with Gasteiger partial charge in [-0.1, -0.05) is 45.8 Å². The second kappa shape index (κ2) is 11.7. The van der Waals surface area contributed by atoms with Crippen molar-refractivity contribution < 1.29 is 19.3 Å². The summed E-state index contributed by atoms with van der Waals surface area (Å²) in [6, 6.07) is 17.8. The summed E-state index contributed by atoms with van der Waals surface area (Å²) in [6.45, 7) is 2.66. The summed E-state index contributed by atoms with van der Waals surface area (Å²) in [7, 11) is 8.73. The van der Waals surface area contributed by atoms with Crippen LogP contribution in [0.2, 0.25) is 0 Å². The molecule has 2 aromatic heterocycles. The minimum absolute atomic E-state index is 0.338. The van der Waals surface area contributed by atoms with Crippen molar-refractivity contribution in [3.05, 3.63) is 87.5 Å². The lowest BCUT2D eigenvalue weighted by atomic mass is 9.71. The van der Waals surface area contributed by atoms with Crippen LogP contribution in [0.4, 0.5) is 0 Å². The average Bonchev–Trinajstić information content (AvgIpc) is 2.91. The van der Waals surface area contributed by atoms with E-state index in [4.69, 9.17) is 19.2 Å². The van der Waals surface area contributed by atoms with E-state index in [2.05, 4.69) is 25.8 Å². The third-order valence-corrected chi connectivity index (χ3v) is 7.31. The number of halogens is 1. The summed E-state index contributed by atoms with van der Waals surface area (Å²) in [4.78, 5) is 11.3. The van der Waals surface area contributed by atoms with Gasteiger partial charge in [0.15, 0.2) is 5.75 Å². The molecule has 0 aliphatic heterocycles. The Balaban J connectivity index is 2.11. The molecule has 0 spiro atoms. The Morgan fingerprint density at radius 1 is 0.947 bits per heavy atom. The molecule has 0 fully saturated rings. The normalized spacial score (nSPS) is 13.8. The van der Waals surface area contributed by atoms with Gasteiger partial charge in [0, 0.05) is 33.7 Å². The molecule has 1 N–H and O–H groups in total. The number of aryl methyl sites for hydroxylation is 1. The summed E-state index contributed by atoms with van der Waals surface area (Å²) in [6.07, 6.45) is 2.10. The third kappa shape index (κ3) is 5.48. The first-order valence-corrected chi connectivity index (χ1v) is 13.2. The smallest absolute Gasteiger partial charge is 0.257 e. The van der Waals surface area contributed by atoms with Gasteiger partial charge in [-0.3, -0.25) is 0 Å². The molecule has 4 aromatic rings. The summed E-state index contributed by atoms with van der Waals surface area (Å²) in [5.41, 5.74) is 2.71. The van der Waals surface area contributed by atoms with Gasteiger partial charge in [0.05, 0.1) is 32.8 Å². The topological polar surface area (TPSA) is 76.9 Å². The van der Waals surface area contributed by atoms with Gasteiger partial charge in [0.1, 0.15) is 5.60 Å². The summed E-state index contributed by atoms with van der Waals surface area (Å²) in [5.74, 6) is 0.581. The number of ether oxygens (including phenoxy) is 3. The lowest BCUT2D eigenvalue weighted by molar-refractivity contribution is 0.00307. The molecular weight excluding hydrogens is 546 g/mol. The number of nitrogens with zero attached hydrogens (tertiary/aromatic N) is 3. The van der Waals surface area contributed by atoms with Crippen LogP contribution in [0.1, 0.15) is 34.6 Å². The molecule has 0 bridgehead atoms. The first kappa shape index (κ1) is 27.8. The fourth-order valence-corrected chi connectivity index (χ4v) is 5.36. The summed E-state index contributed by atoms with van der Waals surface area (Å²) in [5, 5.41) is 13.8. The van der Waals surface area contributed by atoms with E-state index in [0.29, 0.717) is 30.5 Å². The maximum absolute atomic E-state index is 12.9. The number of hydrogen-bond acceptors (Lipinski definition) is 7. The fourth-order valence-electron chi connectivity index (χ4n) is 4.98.